The zero-order chi connectivity index (χ0) is 17.0. The molecule has 0 aliphatic heterocycles. The van der Waals surface area contributed by atoms with Gasteiger partial charge in [-0.1, -0.05) is 23.2 Å². The zero-order valence-electron chi connectivity index (χ0n) is 12.4. The number of hydrogen-bond acceptors (Lipinski definition) is 5. The maximum absolute atomic E-state index is 11.8. The Morgan fingerprint density at radius 1 is 1.52 bits per heavy atom. The maximum atomic E-state index is 11.8. The summed E-state index contributed by atoms with van der Waals surface area (Å²) in [6.45, 7) is 3.88. The standard InChI is InChI=1S/C14H14Cl2N4O3/c1-3-23-11-5-9(15)12(16)8(13(11)21)6-17-20-14(22)10-4-7(2)18-19-10/h4-6,21H,3H2,1-2H3,(H,18,19)(H,20,22). The van der Waals surface area contributed by atoms with Crippen LogP contribution in [-0.4, -0.2) is 34.0 Å². The third-order valence-corrected chi connectivity index (χ3v) is 3.59. The number of phenols is 1. The molecule has 0 aliphatic carbocycles. The van der Waals surface area contributed by atoms with Crippen molar-refractivity contribution in [3.8, 4) is 11.5 Å². The molecule has 0 saturated carbocycles. The Hall–Kier alpha value is -2.25. The van der Waals surface area contributed by atoms with Crippen molar-refractivity contribution in [3.63, 3.8) is 0 Å². The molecule has 0 atom stereocenters. The quantitative estimate of drug-likeness (QED) is 0.566. The van der Waals surface area contributed by atoms with E-state index in [9.17, 15) is 9.90 Å². The Morgan fingerprint density at radius 3 is 2.87 bits per heavy atom. The minimum Gasteiger partial charge on any atom is -0.504 e. The summed E-state index contributed by atoms with van der Waals surface area (Å²) in [5.41, 5.74) is 3.36. The van der Waals surface area contributed by atoms with Gasteiger partial charge in [-0.3, -0.25) is 9.89 Å². The van der Waals surface area contributed by atoms with E-state index in [-0.39, 0.29) is 32.8 Å². The Bertz CT molecular complexity index is 759. The summed E-state index contributed by atoms with van der Waals surface area (Å²) >= 11 is 12.0. The smallest absolute Gasteiger partial charge is 0.291 e. The highest BCUT2D eigenvalue weighted by molar-refractivity contribution is 6.43. The number of rotatable bonds is 5. The molecule has 1 aromatic heterocycles. The van der Waals surface area contributed by atoms with Gasteiger partial charge in [-0.15, -0.1) is 0 Å². The first-order chi connectivity index (χ1) is 10.9. The van der Waals surface area contributed by atoms with Gasteiger partial charge >= 0.3 is 0 Å². The number of halogens is 2. The lowest BCUT2D eigenvalue weighted by Gasteiger charge is -2.10. The van der Waals surface area contributed by atoms with Gasteiger partial charge in [0.25, 0.3) is 5.91 Å². The zero-order valence-corrected chi connectivity index (χ0v) is 13.9. The highest BCUT2D eigenvalue weighted by atomic mass is 35.5. The molecule has 3 N–H and O–H groups in total. The van der Waals surface area contributed by atoms with Gasteiger partial charge in [0.05, 0.1) is 28.4 Å². The molecule has 122 valence electrons. The SMILES string of the molecule is CCOc1cc(Cl)c(Cl)c(C=NNC(=O)c2cc(C)[nH]n2)c1O. The Balaban J connectivity index is 2.20. The van der Waals surface area contributed by atoms with Crippen LogP contribution in [0, 0.1) is 6.92 Å². The number of hydrazone groups is 1. The van der Waals surface area contributed by atoms with Crippen molar-refractivity contribution in [1.29, 1.82) is 0 Å². The van der Waals surface area contributed by atoms with Crippen molar-refractivity contribution in [2.75, 3.05) is 6.61 Å². The number of hydrogen-bond donors (Lipinski definition) is 3. The van der Waals surface area contributed by atoms with Gasteiger partial charge in [0.1, 0.15) is 0 Å². The Labute approximate surface area is 142 Å². The molecule has 1 aromatic carbocycles. The average Bonchev–Trinajstić information content (AvgIpc) is 2.95. The first-order valence-corrected chi connectivity index (χ1v) is 7.38. The van der Waals surface area contributed by atoms with Crippen LogP contribution >= 0.6 is 23.2 Å². The molecule has 0 spiro atoms. The van der Waals surface area contributed by atoms with E-state index < -0.39 is 5.91 Å². The van der Waals surface area contributed by atoms with Gasteiger partial charge < -0.3 is 9.84 Å². The minimum absolute atomic E-state index is 0.0984. The third-order valence-electron chi connectivity index (χ3n) is 2.79. The van der Waals surface area contributed by atoms with Gasteiger partial charge in [-0.05, 0) is 19.9 Å². The van der Waals surface area contributed by atoms with E-state index >= 15 is 0 Å². The normalized spacial score (nSPS) is 11.0. The topological polar surface area (TPSA) is 99.6 Å². The first-order valence-electron chi connectivity index (χ1n) is 6.63. The number of aromatic amines is 1. The number of aromatic nitrogens is 2. The largest absolute Gasteiger partial charge is 0.504 e. The second kappa shape index (κ2) is 7.34. The fourth-order valence-corrected chi connectivity index (χ4v) is 2.14. The highest BCUT2D eigenvalue weighted by Crippen LogP contribution is 2.39. The number of carbonyl (C=O) groups excluding carboxylic acids is 1. The number of aromatic hydroxyl groups is 1. The fourth-order valence-electron chi connectivity index (χ4n) is 1.74. The van der Waals surface area contributed by atoms with Gasteiger partial charge in [-0.2, -0.15) is 10.2 Å². The van der Waals surface area contributed by atoms with Crippen LogP contribution in [0.15, 0.2) is 17.2 Å². The predicted molar refractivity (Wildman–Crippen MR) is 87.7 cm³/mol. The van der Waals surface area contributed by atoms with Crippen LogP contribution in [0.5, 0.6) is 11.5 Å². The molecule has 2 rings (SSSR count). The molecule has 0 bridgehead atoms. The Kier molecular flexibility index (Phi) is 5.46. The van der Waals surface area contributed by atoms with E-state index in [0.29, 0.717) is 6.61 Å². The van der Waals surface area contributed by atoms with Gasteiger partial charge in [0.15, 0.2) is 17.2 Å². The summed E-state index contributed by atoms with van der Waals surface area (Å²) in [6.07, 6.45) is 1.18. The summed E-state index contributed by atoms with van der Waals surface area (Å²) < 4.78 is 5.26. The fraction of sp³-hybridized carbons (Fsp3) is 0.214. The number of carbonyl (C=O) groups is 1. The van der Waals surface area contributed by atoms with Crippen LogP contribution in [0.4, 0.5) is 0 Å². The molecular formula is C14H14Cl2N4O3. The van der Waals surface area contributed by atoms with E-state index in [0.717, 1.165) is 5.69 Å². The van der Waals surface area contributed by atoms with Crippen molar-refractivity contribution in [1.82, 2.24) is 15.6 Å². The number of amides is 1. The molecule has 2 aromatic rings. The second-order valence-corrected chi connectivity index (χ2v) is 5.29. The van der Waals surface area contributed by atoms with E-state index in [2.05, 4.69) is 20.7 Å². The number of H-pyrrole nitrogens is 1. The predicted octanol–water partition coefficient (Wildman–Crippen LogP) is 2.89. The molecule has 0 radical (unpaired) electrons. The summed E-state index contributed by atoms with van der Waals surface area (Å²) in [5.74, 6) is -0.541. The van der Waals surface area contributed by atoms with Crippen molar-refractivity contribution < 1.29 is 14.6 Å². The molecule has 0 saturated heterocycles. The van der Waals surface area contributed by atoms with Crippen molar-refractivity contribution in [2.24, 2.45) is 5.10 Å². The highest BCUT2D eigenvalue weighted by Gasteiger charge is 2.15. The number of ether oxygens (including phenoxy) is 1. The molecule has 0 unspecified atom stereocenters. The van der Waals surface area contributed by atoms with Gasteiger partial charge in [0, 0.05) is 11.8 Å². The van der Waals surface area contributed by atoms with E-state index in [4.69, 9.17) is 27.9 Å². The average molecular weight is 357 g/mol. The monoisotopic (exact) mass is 356 g/mol. The maximum Gasteiger partial charge on any atom is 0.291 e. The van der Waals surface area contributed by atoms with Crippen LogP contribution in [0.1, 0.15) is 28.7 Å². The van der Waals surface area contributed by atoms with Crippen LogP contribution in [0.3, 0.4) is 0 Å². The molecule has 0 aliphatic rings. The second-order valence-electron chi connectivity index (χ2n) is 4.50. The number of nitrogens with one attached hydrogen (secondary N) is 2. The molecule has 1 heterocycles. The summed E-state index contributed by atoms with van der Waals surface area (Å²) in [5, 5.41) is 20.6. The third kappa shape index (κ3) is 3.94. The first kappa shape index (κ1) is 17.1. The molecule has 0 fully saturated rings. The number of phenolic OH excluding ortho intramolecular Hbond substituents is 1. The number of benzene rings is 1. The van der Waals surface area contributed by atoms with Crippen molar-refractivity contribution in [3.05, 3.63) is 39.1 Å². The van der Waals surface area contributed by atoms with Crippen molar-refractivity contribution in [2.45, 2.75) is 13.8 Å². The van der Waals surface area contributed by atoms with Crippen LogP contribution in [-0.2, 0) is 0 Å². The molecule has 9 heteroatoms. The molecule has 7 nitrogen and oxygen atoms in total. The lowest BCUT2D eigenvalue weighted by atomic mass is 10.2. The van der Waals surface area contributed by atoms with E-state index in [1.54, 1.807) is 19.9 Å². The molecule has 1 amide bonds. The minimum atomic E-state index is -0.506. The van der Waals surface area contributed by atoms with Gasteiger partial charge in [0.2, 0.25) is 0 Å². The molecular weight excluding hydrogens is 343 g/mol. The Morgan fingerprint density at radius 2 is 2.26 bits per heavy atom. The van der Waals surface area contributed by atoms with E-state index in [1.807, 2.05) is 0 Å². The summed E-state index contributed by atoms with van der Waals surface area (Å²) in [6, 6.07) is 2.98. The van der Waals surface area contributed by atoms with Crippen LogP contribution < -0.4 is 10.2 Å². The summed E-state index contributed by atoms with van der Waals surface area (Å²) in [7, 11) is 0. The van der Waals surface area contributed by atoms with Crippen LogP contribution in [0.25, 0.3) is 0 Å². The van der Waals surface area contributed by atoms with Gasteiger partial charge in [-0.25, -0.2) is 5.43 Å². The van der Waals surface area contributed by atoms with Crippen LogP contribution in [0.2, 0.25) is 10.0 Å². The molecule has 23 heavy (non-hydrogen) atoms. The van der Waals surface area contributed by atoms with Crippen molar-refractivity contribution >= 4 is 35.3 Å². The van der Waals surface area contributed by atoms with E-state index in [1.165, 1.54) is 12.3 Å². The number of aryl methyl sites for hydroxylation is 1. The lowest BCUT2D eigenvalue weighted by molar-refractivity contribution is 0.0950. The number of nitrogens with zero attached hydrogens (tertiary/aromatic N) is 2. The summed E-state index contributed by atoms with van der Waals surface area (Å²) in [4.78, 5) is 11.8. The lowest BCUT2D eigenvalue weighted by Crippen LogP contribution is -2.18.